The second kappa shape index (κ2) is 8.50. The van der Waals surface area contributed by atoms with Crippen molar-refractivity contribution in [2.75, 3.05) is 20.1 Å². The summed E-state index contributed by atoms with van der Waals surface area (Å²) in [6.07, 6.45) is 0.928. The molecule has 1 heterocycles. The number of amides is 2. The van der Waals surface area contributed by atoms with Crippen molar-refractivity contribution in [2.24, 2.45) is 5.92 Å². The van der Waals surface area contributed by atoms with Crippen molar-refractivity contribution < 1.29 is 18.4 Å². The number of carbonyl (C=O) groups excluding carboxylic acids is 2. The third-order valence-electron chi connectivity index (χ3n) is 5.43. The molecule has 3 rings (SSSR count). The van der Waals surface area contributed by atoms with E-state index in [1.54, 1.807) is 18.9 Å². The molecule has 1 fully saturated rings. The molecule has 0 bridgehead atoms. The number of hydrogen-bond acceptors (Lipinski definition) is 2. The molecule has 2 atom stereocenters. The van der Waals surface area contributed by atoms with Crippen molar-refractivity contribution in [3.63, 3.8) is 0 Å². The summed E-state index contributed by atoms with van der Waals surface area (Å²) in [7, 11) is 1.63. The minimum absolute atomic E-state index is 0.0249. The standard InChI is InChI=1S/C22H24F2N2O2/c1-15(17-8-9-19(23)20(24)12-17)25(2)22(28)18-13-21(27)26(14-18)11-10-16-6-4-3-5-7-16/h3-9,12,15,18H,10-11,13-14H2,1-2H3. The Labute approximate surface area is 163 Å². The van der Waals surface area contributed by atoms with Gasteiger partial charge in [-0.2, -0.15) is 0 Å². The fraction of sp³-hybridized carbons (Fsp3) is 0.364. The smallest absolute Gasteiger partial charge is 0.228 e. The monoisotopic (exact) mass is 386 g/mol. The molecule has 28 heavy (non-hydrogen) atoms. The molecule has 2 aromatic rings. The Hall–Kier alpha value is -2.76. The van der Waals surface area contributed by atoms with Crippen molar-refractivity contribution in [3.05, 3.63) is 71.3 Å². The van der Waals surface area contributed by atoms with E-state index >= 15 is 0 Å². The molecule has 0 aliphatic carbocycles. The van der Waals surface area contributed by atoms with Crippen molar-refractivity contribution in [1.82, 2.24) is 9.80 Å². The molecule has 0 radical (unpaired) electrons. The van der Waals surface area contributed by atoms with E-state index in [1.807, 2.05) is 30.3 Å². The number of likely N-dealkylation sites (tertiary alicyclic amines) is 1. The van der Waals surface area contributed by atoms with Crippen LogP contribution < -0.4 is 0 Å². The first-order valence-corrected chi connectivity index (χ1v) is 9.40. The fourth-order valence-electron chi connectivity index (χ4n) is 3.54. The van der Waals surface area contributed by atoms with Gasteiger partial charge < -0.3 is 9.80 Å². The van der Waals surface area contributed by atoms with Gasteiger partial charge in [0.25, 0.3) is 0 Å². The van der Waals surface area contributed by atoms with E-state index in [4.69, 9.17) is 0 Å². The minimum atomic E-state index is -0.937. The SMILES string of the molecule is CC(c1ccc(F)c(F)c1)N(C)C(=O)C1CC(=O)N(CCc2ccccc2)C1. The number of carbonyl (C=O) groups is 2. The van der Waals surface area contributed by atoms with E-state index in [-0.39, 0.29) is 18.2 Å². The van der Waals surface area contributed by atoms with Gasteiger partial charge >= 0.3 is 0 Å². The van der Waals surface area contributed by atoms with E-state index in [9.17, 15) is 18.4 Å². The van der Waals surface area contributed by atoms with Crippen LogP contribution >= 0.6 is 0 Å². The summed E-state index contributed by atoms with van der Waals surface area (Å²) < 4.78 is 26.7. The highest BCUT2D eigenvalue weighted by atomic mass is 19.2. The Kier molecular flexibility index (Phi) is 6.07. The Balaban J connectivity index is 1.60. The van der Waals surface area contributed by atoms with E-state index in [0.717, 1.165) is 24.1 Å². The van der Waals surface area contributed by atoms with Gasteiger partial charge in [0.15, 0.2) is 11.6 Å². The van der Waals surface area contributed by atoms with Gasteiger partial charge in [0.05, 0.1) is 12.0 Å². The second-order valence-corrected chi connectivity index (χ2v) is 7.28. The first-order valence-electron chi connectivity index (χ1n) is 9.40. The fourth-order valence-corrected chi connectivity index (χ4v) is 3.54. The highest BCUT2D eigenvalue weighted by Crippen LogP contribution is 2.26. The van der Waals surface area contributed by atoms with Gasteiger partial charge in [-0.05, 0) is 36.6 Å². The molecule has 4 nitrogen and oxygen atoms in total. The zero-order chi connectivity index (χ0) is 20.3. The van der Waals surface area contributed by atoms with Crippen LogP contribution in [0.2, 0.25) is 0 Å². The third kappa shape index (κ3) is 4.38. The molecule has 148 valence electrons. The van der Waals surface area contributed by atoms with E-state index in [0.29, 0.717) is 18.7 Å². The van der Waals surface area contributed by atoms with Gasteiger partial charge in [-0.15, -0.1) is 0 Å². The summed E-state index contributed by atoms with van der Waals surface area (Å²) in [6.45, 7) is 2.73. The van der Waals surface area contributed by atoms with Gasteiger partial charge in [0.2, 0.25) is 11.8 Å². The van der Waals surface area contributed by atoms with Crippen LogP contribution in [0.1, 0.15) is 30.5 Å². The van der Waals surface area contributed by atoms with Crippen LogP contribution in [0.25, 0.3) is 0 Å². The van der Waals surface area contributed by atoms with Gasteiger partial charge in [0.1, 0.15) is 0 Å². The molecule has 0 spiro atoms. The third-order valence-corrected chi connectivity index (χ3v) is 5.43. The molecule has 6 heteroatoms. The van der Waals surface area contributed by atoms with Crippen LogP contribution in [-0.2, 0) is 16.0 Å². The van der Waals surface area contributed by atoms with Crippen LogP contribution in [0.15, 0.2) is 48.5 Å². The molecule has 2 aromatic carbocycles. The number of nitrogens with zero attached hydrogens (tertiary/aromatic N) is 2. The molecule has 1 aliphatic rings. The number of benzene rings is 2. The molecule has 1 saturated heterocycles. The van der Waals surface area contributed by atoms with E-state index < -0.39 is 23.6 Å². The average molecular weight is 386 g/mol. The van der Waals surface area contributed by atoms with Crippen LogP contribution in [-0.4, -0.2) is 41.8 Å². The zero-order valence-electron chi connectivity index (χ0n) is 16.1. The summed E-state index contributed by atoms with van der Waals surface area (Å²) in [5.74, 6) is -2.45. The lowest BCUT2D eigenvalue weighted by molar-refractivity contribution is -0.136. The van der Waals surface area contributed by atoms with Crippen molar-refractivity contribution in [3.8, 4) is 0 Å². The molecule has 1 aliphatic heterocycles. The molecular weight excluding hydrogens is 362 g/mol. The molecule has 0 aromatic heterocycles. The van der Waals surface area contributed by atoms with Crippen molar-refractivity contribution in [2.45, 2.75) is 25.8 Å². The molecule has 2 unspecified atom stereocenters. The summed E-state index contributed by atoms with van der Waals surface area (Å²) in [6, 6.07) is 13.1. The Morgan fingerprint density at radius 1 is 1.18 bits per heavy atom. The van der Waals surface area contributed by atoms with Crippen LogP contribution in [0.5, 0.6) is 0 Å². The quantitative estimate of drug-likeness (QED) is 0.762. The average Bonchev–Trinajstić information content (AvgIpc) is 3.08. The normalized spacial score (nSPS) is 17.6. The highest BCUT2D eigenvalue weighted by molar-refractivity contribution is 5.89. The Morgan fingerprint density at radius 2 is 1.89 bits per heavy atom. The van der Waals surface area contributed by atoms with Crippen molar-refractivity contribution >= 4 is 11.8 Å². The predicted octanol–water partition coefficient (Wildman–Crippen LogP) is 3.58. The summed E-state index contributed by atoms with van der Waals surface area (Å²) in [5, 5.41) is 0. The number of halogens is 2. The highest BCUT2D eigenvalue weighted by Gasteiger charge is 2.36. The summed E-state index contributed by atoms with van der Waals surface area (Å²) in [4.78, 5) is 28.4. The minimum Gasteiger partial charge on any atom is -0.342 e. The Morgan fingerprint density at radius 3 is 2.57 bits per heavy atom. The lowest BCUT2D eigenvalue weighted by atomic mass is 10.0. The van der Waals surface area contributed by atoms with Gasteiger partial charge in [-0.25, -0.2) is 8.78 Å². The first-order chi connectivity index (χ1) is 13.4. The van der Waals surface area contributed by atoms with Crippen LogP contribution in [0.4, 0.5) is 8.78 Å². The molecular formula is C22H24F2N2O2. The Bertz CT molecular complexity index is 857. The maximum atomic E-state index is 13.5. The molecule has 0 N–H and O–H groups in total. The van der Waals surface area contributed by atoms with Crippen LogP contribution in [0, 0.1) is 17.6 Å². The number of hydrogen-bond donors (Lipinski definition) is 0. The lowest BCUT2D eigenvalue weighted by Gasteiger charge is -2.28. The van der Waals surface area contributed by atoms with Gasteiger partial charge in [-0.1, -0.05) is 36.4 Å². The molecule has 0 saturated carbocycles. The maximum Gasteiger partial charge on any atom is 0.228 e. The van der Waals surface area contributed by atoms with E-state index in [2.05, 4.69) is 0 Å². The van der Waals surface area contributed by atoms with Crippen molar-refractivity contribution in [1.29, 1.82) is 0 Å². The lowest BCUT2D eigenvalue weighted by Crippen LogP contribution is -2.36. The van der Waals surface area contributed by atoms with E-state index in [1.165, 1.54) is 11.0 Å². The summed E-state index contributed by atoms with van der Waals surface area (Å²) >= 11 is 0. The van der Waals surface area contributed by atoms with Crippen LogP contribution in [0.3, 0.4) is 0 Å². The summed E-state index contributed by atoms with van der Waals surface area (Å²) in [5.41, 5.74) is 1.66. The largest absolute Gasteiger partial charge is 0.342 e. The predicted molar refractivity (Wildman–Crippen MR) is 102 cm³/mol. The number of rotatable bonds is 6. The second-order valence-electron chi connectivity index (χ2n) is 7.28. The van der Waals surface area contributed by atoms with Gasteiger partial charge in [-0.3, -0.25) is 9.59 Å². The van der Waals surface area contributed by atoms with Gasteiger partial charge in [0, 0.05) is 26.6 Å². The topological polar surface area (TPSA) is 40.6 Å². The maximum absolute atomic E-state index is 13.5. The zero-order valence-corrected chi connectivity index (χ0v) is 16.1. The first kappa shape index (κ1) is 20.0. The molecule has 2 amide bonds.